The van der Waals surface area contributed by atoms with Crippen molar-refractivity contribution >= 4 is 23.1 Å². The molecule has 1 aliphatic heterocycles. The van der Waals surface area contributed by atoms with Gasteiger partial charge in [-0.3, -0.25) is 4.79 Å². The molecule has 3 rings (SSSR count). The highest BCUT2D eigenvalue weighted by atomic mass is 35.5. The van der Waals surface area contributed by atoms with E-state index in [0.717, 1.165) is 13.0 Å². The minimum atomic E-state index is 0.147. The molecular formula is C18H18ClNO. The van der Waals surface area contributed by atoms with Gasteiger partial charge in [-0.05, 0) is 37.1 Å². The first kappa shape index (κ1) is 14.2. The zero-order valence-corrected chi connectivity index (χ0v) is 12.8. The summed E-state index contributed by atoms with van der Waals surface area (Å²) in [7, 11) is 0. The number of hydrogen-bond acceptors (Lipinski definition) is 2. The predicted octanol–water partition coefficient (Wildman–Crippen LogP) is 4.36. The number of nitrogens with zero attached hydrogens (tertiary/aromatic N) is 1. The van der Waals surface area contributed by atoms with Crippen molar-refractivity contribution in [1.29, 1.82) is 0 Å². The lowest BCUT2D eigenvalue weighted by Gasteiger charge is -2.24. The Balaban J connectivity index is 1.69. The molecule has 108 valence electrons. The fourth-order valence-electron chi connectivity index (χ4n) is 3.00. The van der Waals surface area contributed by atoms with Gasteiger partial charge >= 0.3 is 0 Å². The van der Waals surface area contributed by atoms with Crippen LogP contribution in [0.2, 0.25) is 5.02 Å². The molecule has 0 aliphatic carbocycles. The molecule has 0 spiro atoms. The molecule has 21 heavy (non-hydrogen) atoms. The Kier molecular flexibility index (Phi) is 3.98. The number of rotatable bonds is 4. The van der Waals surface area contributed by atoms with Crippen molar-refractivity contribution in [2.75, 3.05) is 11.4 Å². The third kappa shape index (κ3) is 2.96. The van der Waals surface area contributed by atoms with Crippen LogP contribution >= 0.6 is 11.6 Å². The van der Waals surface area contributed by atoms with Gasteiger partial charge in [-0.25, -0.2) is 0 Å². The first-order valence-electron chi connectivity index (χ1n) is 7.28. The highest BCUT2D eigenvalue weighted by Crippen LogP contribution is 2.31. The molecule has 0 aromatic heterocycles. The molecular weight excluding hydrogens is 282 g/mol. The highest BCUT2D eigenvalue weighted by Gasteiger charge is 2.25. The van der Waals surface area contributed by atoms with Crippen molar-refractivity contribution < 1.29 is 4.79 Å². The van der Waals surface area contributed by atoms with E-state index in [-0.39, 0.29) is 5.78 Å². The van der Waals surface area contributed by atoms with E-state index in [2.05, 4.69) is 36.1 Å². The Labute approximate surface area is 130 Å². The number of halogens is 1. The van der Waals surface area contributed by atoms with E-state index in [0.29, 0.717) is 23.0 Å². The van der Waals surface area contributed by atoms with Gasteiger partial charge in [-0.15, -0.1) is 0 Å². The Bertz CT molecular complexity index is 668. The summed E-state index contributed by atoms with van der Waals surface area (Å²) in [5.74, 6) is 0.147. The summed E-state index contributed by atoms with van der Waals surface area (Å²) in [4.78, 5) is 14.6. The van der Waals surface area contributed by atoms with Gasteiger partial charge in [0.1, 0.15) is 0 Å². The molecule has 0 radical (unpaired) electrons. The van der Waals surface area contributed by atoms with Crippen molar-refractivity contribution in [2.24, 2.45) is 0 Å². The topological polar surface area (TPSA) is 20.3 Å². The lowest BCUT2D eigenvalue weighted by Crippen LogP contribution is -2.31. The van der Waals surface area contributed by atoms with Gasteiger partial charge in [0.25, 0.3) is 0 Å². The van der Waals surface area contributed by atoms with Crippen LogP contribution in [0.25, 0.3) is 0 Å². The van der Waals surface area contributed by atoms with Crippen molar-refractivity contribution in [3.63, 3.8) is 0 Å². The monoisotopic (exact) mass is 299 g/mol. The SMILES string of the molecule is CC1Cc2ccccc2N1CCC(=O)c1cccc(Cl)c1. The Morgan fingerprint density at radius 3 is 2.86 bits per heavy atom. The number of para-hydroxylation sites is 1. The minimum Gasteiger partial charge on any atom is -0.368 e. The third-order valence-corrected chi connectivity index (χ3v) is 4.31. The van der Waals surface area contributed by atoms with Crippen molar-refractivity contribution in [3.05, 3.63) is 64.7 Å². The number of Topliss-reactive ketones (excluding diaryl/α,β-unsaturated/α-hetero) is 1. The van der Waals surface area contributed by atoms with Gasteiger partial charge in [0.15, 0.2) is 5.78 Å². The highest BCUT2D eigenvalue weighted by molar-refractivity contribution is 6.31. The minimum absolute atomic E-state index is 0.147. The number of fused-ring (bicyclic) bond motifs is 1. The van der Waals surface area contributed by atoms with Crippen LogP contribution in [-0.2, 0) is 6.42 Å². The van der Waals surface area contributed by atoms with Crippen LogP contribution in [0.1, 0.15) is 29.3 Å². The second-order valence-electron chi connectivity index (χ2n) is 5.56. The van der Waals surface area contributed by atoms with E-state index in [4.69, 9.17) is 11.6 Å². The van der Waals surface area contributed by atoms with Crippen LogP contribution in [0, 0.1) is 0 Å². The number of hydrogen-bond donors (Lipinski definition) is 0. The summed E-state index contributed by atoms with van der Waals surface area (Å²) < 4.78 is 0. The van der Waals surface area contributed by atoms with Gasteiger partial charge in [0, 0.05) is 35.3 Å². The number of benzene rings is 2. The first-order valence-corrected chi connectivity index (χ1v) is 7.66. The zero-order valence-electron chi connectivity index (χ0n) is 12.1. The maximum Gasteiger partial charge on any atom is 0.164 e. The van der Waals surface area contributed by atoms with Crippen LogP contribution in [0.4, 0.5) is 5.69 Å². The largest absolute Gasteiger partial charge is 0.368 e. The lowest BCUT2D eigenvalue weighted by atomic mass is 10.1. The van der Waals surface area contributed by atoms with E-state index in [1.54, 1.807) is 12.1 Å². The summed E-state index contributed by atoms with van der Waals surface area (Å²) >= 11 is 5.94. The molecule has 1 heterocycles. The molecule has 2 aromatic carbocycles. The van der Waals surface area contributed by atoms with Gasteiger partial charge < -0.3 is 4.90 Å². The van der Waals surface area contributed by atoms with Crippen LogP contribution in [0.15, 0.2) is 48.5 Å². The number of ketones is 1. The summed E-state index contributed by atoms with van der Waals surface area (Å²) in [6.07, 6.45) is 1.57. The average molecular weight is 300 g/mol. The second kappa shape index (κ2) is 5.90. The number of carbonyl (C=O) groups is 1. The summed E-state index contributed by atoms with van der Waals surface area (Å²) in [5.41, 5.74) is 3.34. The molecule has 0 bridgehead atoms. The molecule has 0 saturated heterocycles. The third-order valence-electron chi connectivity index (χ3n) is 4.07. The maximum absolute atomic E-state index is 12.3. The number of anilines is 1. The van der Waals surface area contributed by atoms with Crippen LogP contribution in [0.3, 0.4) is 0 Å². The van der Waals surface area contributed by atoms with E-state index in [9.17, 15) is 4.79 Å². The lowest BCUT2D eigenvalue weighted by molar-refractivity contribution is 0.0984. The quantitative estimate of drug-likeness (QED) is 0.782. The fourth-order valence-corrected chi connectivity index (χ4v) is 3.19. The van der Waals surface area contributed by atoms with Gasteiger partial charge in [0.05, 0.1) is 0 Å². The second-order valence-corrected chi connectivity index (χ2v) is 6.00. The van der Waals surface area contributed by atoms with E-state index < -0.39 is 0 Å². The standard InChI is InChI=1S/C18H18ClNO/c1-13-11-14-5-2-3-8-17(14)20(13)10-9-18(21)15-6-4-7-16(19)12-15/h2-8,12-13H,9-11H2,1H3. The number of carbonyl (C=O) groups excluding carboxylic acids is 1. The molecule has 2 aromatic rings. The van der Waals surface area contributed by atoms with Gasteiger partial charge in [-0.2, -0.15) is 0 Å². The molecule has 1 atom stereocenters. The molecule has 1 aliphatic rings. The van der Waals surface area contributed by atoms with E-state index in [1.165, 1.54) is 11.3 Å². The van der Waals surface area contributed by atoms with Crippen LogP contribution in [-0.4, -0.2) is 18.4 Å². The smallest absolute Gasteiger partial charge is 0.164 e. The fraction of sp³-hybridized carbons (Fsp3) is 0.278. The Morgan fingerprint density at radius 2 is 2.05 bits per heavy atom. The summed E-state index contributed by atoms with van der Waals surface area (Å²) in [6.45, 7) is 2.97. The van der Waals surface area contributed by atoms with Gasteiger partial charge in [-0.1, -0.05) is 41.9 Å². The molecule has 0 amide bonds. The zero-order chi connectivity index (χ0) is 14.8. The molecule has 1 unspecified atom stereocenters. The molecule has 2 nitrogen and oxygen atoms in total. The van der Waals surface area contributed by atoms with E-state index >= 15 is 0 Å². The molecule has 0 N–H and O–H groups in total. The maximum atomic E-state index is 12.3. The molecule has 0 fully saturated rings. The predicted molar refractivity (Wildman–Crippen MR) is 87.4 cm³/mol. The first-order chi connectivity index (χ1) is 10.1. The normalized spacial score (nSPS) is 16.9. The van der Waals surface area contributed by atoms with Crippen molar-refractivity contribution in [1.82, 2.24) is 0 Å². The van der Waals surface area contributed by atoms with Crippen molar-refractivity contribution in [3.8, 4) is 0 Å². The summed E-state index contributed by atoms with van der Waals surface area (Å²) in [6, 6.07) is 16.1. The average Bonchev–Trinajstić information content (AvgIpc) is 2.80. The van der Waals surface area contributed by atoms with Crippen molar-refractivity contribution in [2.45, 2.75) is 25.8 Å². The Morgan fingerprint density at radius 1 is 1.24 bits per heavy atom. The van der Waals surface area contributed by atoms with Crippen LogP contribution in [0.5, 0.6) is 0 Å². The Hall–Kier alpha value is -1.80. The summed E-state index contributed by atoms with van der Waals surface area (Å²) in [5, 5.41) is 0.612. The van der Waals surface area contributed by atoms with Gasteiger partial charge in [0.2, 0.25) is 0 Å². The van der Waals surface area contributed by atoms with E-state index in [1.807, 2.05) is 12.1 Å². The molecule has 0 saturated carbocycles. The van der Waals surface area contributed by atoms with Crippen LogP contribution < -0.4 is 4.90 Å². The molecule has 3 heteroatoms.